The summed E-state index contributed by atoms with van der Waals surface area (Å²) in [6.45, 7) is 7.54. The normalized spacial score (nSPS) is 12.8. The van der Waals surface area contributed by atoms with E-state index in [-0.39, 0.29) is 6.10 Å². The van der Waals surface area contributed by atoms with Crippen LogP contribution in [0.4, 0.5) is 5.69 Å². The van der Waals surface area contributed by atoms with Gasteiger partial charge in [0.15, 0.2) is 0 Å². The molecule has 0 bridgehead atoms. The van der Waals surface area contributed by atoms with Crippen molar-refractivity contribution in [3.05, 3.63) is 28.2 Å². The van der Waals surface area contributed by atoms with E-state index >= 15 is 0 Å². The minimum absolute atomic E-state index is 0.329. The number of aliphatic hydroxyl groups excluding tert-OH is 1. The first kappa shape index (κ1) is 15.5. The summed E-state index contributed by atoms with van der Waals surface area (Å²) in [4.78, 5) is 2.09. The number of nitrogens with zero attached hydrogens (tertiary/aromatic N) is 1. The van der Waals surface area contributed by atoms with Crippen LogP contribution in [0.15, 0.2) is 22.7 Å². The summed E-state index contributed by atoms with van der Waals surface area (Å²) < 4.78 is 1.08. The molecule has 0 aliphatic rings. The molecule has 1 aromatic carbocycles. The lowest BCUT2D eigenvalue weighted by molar-refractivity contribution is 0.201. The molecule has 0 aromatic heterocycles. The number of benzene rings is 1. The van der Waals surface area contributed by atoms with E-state index in [4.69, 9.17) is 0 Å². The van der Waals surface area contributed by atoms with Crippen LogP contribution in [0.25, 0.3) is 0 Å². The molecule has 1 unspecified atom stereocenters. The molecule has 0 amide bonds. The quantitative estimate of drug-likeness (QED) is 0.847. The smallest absolute Gasteiger partial charge is 0.0686 e. The highest BCUT2D eigenvalue weighted by atomic mass is 79.9. The highest BCUT2D eigenvalue weighted by molar-refractivity contribution is 9.10. The SMILES string of the molecule is CC(O)CN(C)c1ccc(Br)cc1CNC(C)C. The molecule has 0 aliphatic carbocycles. The van der Waals surface area contributed by atoms with E-state index in [0.29, 0.717) is 12.6 Å². The Labute approximate surface area is 118 Å². The van der Waals surface area contributed by atoms with Crippen molar-refractivity contribution in [1.29, 1.82) is 0 Å². The Bertz CT molecular complexity index is 380. The van der Waals surface area contributed by atoms with Crippen LogP contribution in [0.2, 0.25) is 0 Å². The summed E-state index contributed by atoms with van der Waals surface area (Å²) in [6, 6.07) is 6.71. The minimum Gasteiger partial charge on any atom is -0.392 e. The number of hydrogen-bond acceptors (Lipinski definition) is 3. The number of aliphatic hydroxyl groups is 1. The number of hydrogen-bond donors (Lipinski definition) is 2. The number of halogens is 1. The van der Waals surface area contributed by atoms with Gasteiger partial charge in [0.2, 0.25) is 0 Å². The molecule has 0 spiro atoms. The predicted octanol–water partition coefficient (Wildman–Crippen LogP) is 2.76. The monoisotopic (exact) mass is 314 g/mol. The maximum Gasteiger partial charge on any atom is 0.0686 e. The van der Waals surface area contributed by atoms with Crippen LogP contribution in [-0.2, 0) is 6.54 Å². The van der Waals surface area contributed by atoms with E-state index in [9.17, 15) is 5.11 Å². The summed E-state index contributed by atoms with van der Waals surface area (Å²) >= 11 is 3.51. The van der Waals surface area contributed by atoms with Crippen molar-refractivity contribution < 1.29 is 5.11 Å². The van der Waals surface area contributed by atoms with E-state index in [1.54, 1.807) is 6.92 Å². The molecular formula is C14H23BrN2O. The van der Waals surface area contributed by atoms with Crippen LogP contribution in [-0.4, -0.2) is 30.8 Å². The molecule has 18 heavy (non-hydrogen) atoms. The first-order chi connectivity index (χ1) is 8.40. The summed E-state index contributed by atoms with van der Waals surface area (Å²) in [5.74, 6) is 0. The van der Waals surface area contributed by atoms with Crippen molar-refractivity contribution in [2.45, 2.75) is 39.5 Å². The maximum absolute atomic E-state index is 9.48. The van der Waals surface area contributed by atoms with Crippen LogP contribution in [0, 0.1) is 0 Å². The number of rotatable bonds is 6. The van der Waals surface area contributed by atoms with Crippen molar-refractivity contribution in [2.75, 3.05) is 18.5 Å². The van der Waals surface area contributed by atoms with E-state index in [2.05, 4.69) is 52.1 Å². The lowest BCUT2D eigenvalue weighted by Gasteiger charge is -2.24. The summed E-state index contributed by atoms with van der Waals surface area (Å²) in [5, 5.41) is 12.9. The third kappa shape index (κ3) is 4.96. The van der Waals surface area contributed by atoms with Crippen LogP contribution < -0.4 is 10.2 Å². The number of nitrogens with one attached hydrogen (secondary N) is 1. The summed E-state index contributed by atoms with van der Waals surface area (Å²) in [7, 11) is 2.01. The van der Waals surface area contributed by atoms with Gasteiger partial charge in [-0.05, 0) is 30.7 Å². The molecule has 3 nitrogen and oxygen atoms in total. The van der Waals surface area contributed by atoms with Gasteiger partial charge in [-0.15, -0.1) is 0 Å². The average molecular weight is 315 g/mol. The van der Waals surface area contributed by atoms with Crippen molar-refractivity contribution in [1.82, 2.24) is 5.32 Å². The van der Waals surface area contributed by atoms with Gasteiger partial charge in [-0.25, -0.2) is 0 Å². The molecule has 0 radical (unpaired) electrons. The van der Waals surface area contributed by atoms with E-state index in [1.165, 1.54) is 5.56 Å². The standard InChI is InChI=1S/C14H23BrN2O/c1-10(2)16-8-12-7-13(15)5-6-14(12)17(4)9-11(3)18/h5-7,10-11,16,18H,8-9H2,1-4H3. The Hall–Kier alpha value is -0.580. The van der Waals surface area contributed by atoms with Gasteiger partial charge in [0, 0.05) is 36.3 Å². The van der Waals surface area contributed by atoms with Crippen LogP contribution in [0.5, 0.6) is 0 Å². The topological polar surface area (TPSA) is 35.5 Å². The van der Waals surface area contributed by atoms with Gasteiger partial charge >= 0.3 is 0 Å². The van der Waals surface area contributed by atoms with Crippen molar-refractivity contribution in [3.8, 4) is 0 Å². The van der Waals surface area contributed by atoms with E-state index < -0.39 is 0 Å². The van der Waals surface area contributed by atoms with Crippen LogP contribution >= 0.6 is 15.9 Å². The molecule has 0 saturated heterocycles. The molecule has 0 aliphatic heterocycles. The highest BCUT2D eigenvalue weighted by Crippen LogP contribution is 2.24. The minimum atomic E-state index is -0.329. The number of anilines is 1. The zero-order valence-corrected chi connectivity index (χ0v) is 13.2. The highest BCUT2D eigenvalue weighted by Gasteiger charge is 2.10. The molecule has 2 N–H and O–H groups in total. The summed E-state index contributed by atoms with van der Waals surface area (Å²) in [6.07, 6.45) is -0.329. The molecule has 1 aromatic rings. The van der Waals surface area contributed by atoms with Gasteiger partial charge in [-0.3, -0.25) is 0 Å². The van der Waals surface area contributed by atoms with Crippen molar-refractivity contribution >= 4 is 21.6 Å². The Morgan fingerprint density at radius 1 is 1.33 bits per heavy atom. The molecule has 0 saturated carbocycles. The number of likely N-dealkylation sites (N-methyl/N-ethyl adjacent to an activating group) is 1. The zero-order chi connectivity index (χ0) is 13.7. The van der Waals surface area contributed by atoms with Gasteiger partial charge in [0.1, 0.15) is 0 Å². The van der Waals surface area contributed by atoms with Crippen LogP contribution in [0.1, 0.15) is 26.3 Å². The Morgan fingerprint density at radius 2 is 2.00 bits per heavy atom. The third-order valence-electron chi connectivity index (χ3n) is 2.69. The van der Waals surface area contributed by atoms with Crippen LogP contribution in [0.3, 0.4) is 0 Å². The van der Waals surface area contributed by atoms with Gasteiger partial charge in [-0.1, -0.05) is 29.8 Å². The lowest BCUT2D eigenvalue weighted by Crippen LogP contribution is -2.29. The molecular weight excluding hydrogens is 292 g/mol. The van der Waals surface area contributed by atoms with Gasteiger partial charge in [0.05, 0.1) is 6.10 Å². The van der Waals surface area contributed by atoms with Gasteiger partial charge in [-0.2, -0.15) is 0 Å². The third-order valence-corrected chi connectivity index (χ3v) is 3.18. The fourth-order valence-electron chi connectivity index (χ4n) is 1.88. The predicted molar refractivity (Wildman–Crippen MR) is 81.1 cm³/mol. The molecule has 0 fully saturated rings. The van der Waals surface area contributed by atoms with Crippen molar-refractivity contribution in [2.24, 2.45) is 0 Å². The second kappa shape index (κ2) is 7.12. The Balaban J connectivity index is 2.88. The molecule has 0 heterocycles. The van der Waals surface area contributed by atoms with Gasteiger partial charge in [0.25, 0.3) is 0 Å². The van der Waals surface area contributed by atoms with E-state index in [1.807, 2.05) is 13.1 Å². The summed E-state index contributed by atoms with van der Waals surface area (Å²) in [5.41, 5.74) is 2.40. The zero-order valence-electron chi connectivity index (χ0n) is 11.6. The Morgan fingerprint density at radius 3 is 2.56 bits per heavy atom. The lowest BCUT2D eigenvalue weighted by atomic mass is 10.1. The fraction of sp³-hybridized carbons (Fsp3) is 0.571. The fourth-order valence-corrected chi connectivity index (χ4v) is 2.29. The first-order valence-electron chi connectivity index (χ1n) is 6.31. The molecule has 1 rings (SSSR count). The molecule has 4 heteroatoms. The largest absolute Gasteiger partial charge is 0.392 e. The van der Waals surface area contributed by atoms with Crippen molar-refractivity contribution in [3.63, 3.8) is 0 Å². The molecule has 102 valence electrons. The average Bonchev–Trinajstić information content (AvgIpc) is 2.25. The second-order valence-electron chi connectivity index (χ2n) is 5.04. The van der Waals surface area contributed by atoms with Gasteiger partial charge < -0.3 is 15.3 Å². The second-order valence-corrected chi connectivity index (χ2v) is 5.95. The Kier molecular flexibility index (Phi) is 6.12. The first-order valence-corrected chi connectivity index (χ1v) is 7.10. The van der Waals surface area contributed by atoms with E-state index in [0.717, 1.165) is 16.7 Å². The molecule has 1 atom stereocenters. The maximum atomic E-state index is 9.48.